The van der Waals surface area contributed by atoms with Crippen molar-refractivity contribution in [1.82, 2.24) is 4.98 Å². The number of alkyl halides is 2. The first-order chi connectivity index (χ1) is 5.85. The maximum absolute atomic E-state index is 12.4. The normalized spacial score (nSPS) is 16.2. The summed E-state index contributed by atoms with van der Waals surface area (Å²) in [6.07, 6.45) is -2.69. The zero-order valence-electron chi connectivity index (χ0n) is 7.77. The molecule has 0 aliphatic carbocycles. The molecule has 0 aromatic carbocycles. The van der Waals surface area contributed by atoms with Gasteiger partial charge in [0.05, 0.1) is 5.69 Å². The summed E-state index contributed by atoms with van der Waals surface area (Å²) in [5.74, 6) is 0.407. The van der Waals surface area contributed by atoms with Crippen LogP contribution >= 0.6 is 0 Å². The standard InChI is InChI=1S/C8H12F2N2O/c1-4-5(2)13-7(12-4)8(3,11)6(9)10/h6H,11H2,1-3H3. The first-order valence-electron chi connectivity index (χ1n) is 3.87. The lowest BCUT2D eigenvalue weighted by Gasteiger charge is -2.18. The Balaban J connectivity index is 3.07. The average molecular weight is 190 g/mol. The van der Waals surface area contributed by atoms with Crippen LogP contribution in [-0.2, 0) is 5.54 Å². The number of oxazole rings is 1. The second kappa shape index (κ2) is 3.06. The number of nitrogens with two attached hydrogens (primary N) is 1. The fourth-order valence-electron chi connectivity index (χ4n) is 0.796. The minimum atomic E-state index is -2.69. The highest BCUT2D eigenvalue weighted by Crippen LogP contribution is 2.25. The molecule has 1 rings (SSSR count). The van der Waals surface area contributed by atoms with E-state index in [0.29, 0.717) is 11.5 Å². The lowest BCUT2D eigenvalue weighted by molar-refractivity contribution is 0.0465. The molecule has 0 fully saturated rings. The van der Waals surface area contributed by atoms with Gasteiger partial charge in [-0.25, -0.2) is 13.8 Å². The molecule has 1 heterocycles. The summed E-state index contributed by atoms with van der Waals surface area (Å²) >= 11 is 0. The second-order valence-corrected chi connectivity index (χ2v) is 3.24. The highest BCUT2D eigenvalue weighted by molar-refractivity contribution is 5.11. The zero-order chi connectivity index (χ0) is 10.2. The van der Waals surface area contributed by atoms with Crippen molar-refractivity contribution < 1.29 is 13.2 Å². The molecule has 74 valence electrons. The van der Waals surface area contributed by atoms with Crippen LogP contribution in [-0.4, -0.2) is 11.4 Å². The Morgan fingerprint density at radius 1 is 1.46 bits per heavy atom. The number of rotatable bonds is 2. The molecule has 2 N–H and O–H groups in total. The number of aryl methyl sites for hydroxylation is 2. The van der Waals surface area contributed by atoms with Crippen LogP contribution in [0.5, 0.6) is 0 Å². The summed E-state index contributed by atoms with van der Waals surface area (Å²) in [6, 6.07) is 0. The molecule has 0 radical (unpaired) electrons. The lowest BCUT2D eigenvalue weighted by atomic mass is 10.1. The van der Waals surface area contributed by atoms with Crippen molar-refractivity contribution in [3.8, 4) is 0 Å². The molecule has 13 heavy (non-hydrogen) atoms. The molecule has 3 nitrogen and oxygen atoms in total. The van der Waals surface area contributed by atoms with Crippen LogP contribution in [0.15, 0.2) is 4.42 Å². The molecule has 0 bridgehead atoms. The molecule has 1 atom stereocenters. The molecule has 0 amide bonds. The summed E-state index contributed by atoms with van der Waals surface area (Å²) in [7, 11) is 0. The van der Waals surface area contributed by atoms with E-state index < -0.39 is 12.0 Å². The van der Waals surface area contributed by atoms with Crippen molar-refractivity contribution in [1.29, 1.82) is 0 Å². The molecule has 0 saturated heterocycles. The predicted molar refractivity (Wildman–Crippen MR) is 43.5 cm³/mol. The van der Waals surface area contributed by atoms with Crippen LogP contribution in [0, 0.1) is 13.8 Å². The van der Waals surface area contributed by atoms with Gasteiger partial charge in [-0.1, -0.05) is 0 Å². The molecule has 1 aromatic heterocycles. The number of aromatic nitrogens is 1. The Hall–Kier alpha value is -0.970. The largest absolute Gasteiger partial charge is 0.443 e. The smallest absolute Gasteiger partial charge is 0.264 e. The van der Waals surface area contributed by atoms with Gasteiger partial charge in [0.2, 0.25) is 5.89 Å². The van der Waals surface area contributed by atoms with Crippen molar-refractivity contribution in [2.45, 2.75) is 32.7 Å². The Labute approximate surface area is 74.9 Å². The van der Waals surface area contributed by atoms with E-state index in [9.17, 15) is 8.78 Å². The lowest BCUT2D eigenvalue weighted by Crippen LogP contribution is -2.41. The SMILES string of the molecule is Cc1nc(C(C)(N)C(F)F)oc1C. The van der Waals surface area contributed by atoms with Gasteiger partial charge in [-0.15, -0.1) is 0 Å². The Morgan fingerprint density at radius 3 is 2.31 bits per heavy atom. The monoisotopic (exact) mass is 190 g/mol. The summed E-state index contributed by atoms with van der Waals surface area (Å²) in [5.41, 5.74) is 4.14. The zero-order valence-corrected chi connectivity index (χ0v) is 7.77. The van der Waals surface area contributed by atoms with Crippen LogP contribution in [0.25, 0.3) is 0 Å². The number of hydrogen-bond acceptors (Lipinski definition) is 3. The van der Waals surface area contributed by atoms with Crippen molar-refractivity contribution >= 4 is 0 Å². The van der Waals surface area contributed by atoms with Gasteiger partial charge in [-0.2, -0.15) is 0 Å². The van der Waals surface area contributed by atoms with Crippen molar-refractivity contribution in [2.24, 2.45) is 5.73 Å². The quantitative estimate of drug-likeness (QED) is 0.772. The molecule has 0 aliphatic rings. The maximum atomic E-state index is 12.4. The first kappa shape index (κ1) is 10.1. The molecule has 5 heteroatoms. The van der Waals surface area contributed by atoms with E-state index >= 15 is 0 Å². The Morgan fingerprint density at radius 2 is 2.00 bits per heavy atom. The fraction of sp³-hybridized carbons (Fsp3) is 0.625. The van der Waals surface area contributed by atoms with E-state index in [-0.39, 0.29) is 5.89 Å². The van der Waals surface area contributed by atoms with Crippen LogP contribution in [0.1, 0.15) is 24.3 Å². The van der Waals surface area contributed by atoms with E-state index in [4.69, 9.17) is 10.2 Å². The third kappa shape index (κ3) is 1.70. The van der Waals surface area contributed by atoms with E-state index in [0.717, 1.165) is 0 Å². The van der Waals surface area contributed by atoms with Gasteiger partial charge in [-0.3, -0.25) is 0 Å². The summed E-state index contributed by atoms with van der Waals surface area (Å²) in [6.45, 7) is 4.54. The van der Waals surface area contributed by atoms with E-state index in [1.54, 1.807) is 13.8 Å². The van der Waals surface area contributed by atoms with Crippen LogP contribution in [0.3, 0.4) is 0 Å². The van der Waals surface area contributed by atoms with Gasteiger partial charge >= 0.3 is 0 Å². The van der Waals surface area contributed by atoms with Crippen molar-refractivity contribution in [3.05, 3.63) is 17.3 Å². The Bertz CT molecular complexity index is 288. The highest BCUT2D eigenvalue weighted by Gasteiger charge is 2.37. The van der Waals surface area contributed by atoms with Gasteiger partial charge in [-0.05, 0) is 20.8 Å². The second-order valence-electron chi connectivity index (χ2n) is 3.24. The molecular weight excluding hydrogens is 178 g/mol. The van der Waals surface area contributed by atoms with Crippen molar-refractivity contribution in [3.63, 3.8) is 0 Å². The average Bonchev–Trinajstić information content (AvgIpc) is 2.32. The molecule has 1 aromatic rings. The molecular formula is C8H12F2N2O. The van der Waals surface area contributed by atoms with Crippen LogP contribution in [0.2, 0.25) is 0 Å². The summed E-state index contributed by atoms with van der Waals surface area (Å²) < 4.78 is 29.9. The summed E-state index contributed by atoms with van der Waals surface area (Å²) in [5, 5.41) is 0. The van der Waals surface area contributed by atoms with Gasteiger partial charge in [0.25, 0.3) is 6.43 Å². The van der Waals surface area contributed by atoms with Crippen molar-refractivity contribution in [2.75, 3.05) is 0 Å². The number of halogens is 2. The van der Waals surface area contributed by atoms with E-state index in [1.807, 2.05) is 0 Å². The maximum Gasteiger partial charge on any atom is 0.264 e. The molecule has 0 saturated carbocycles. The van der Waals surface area contributed by atoms with Gasteiger partial charge in [0, 0.05) is 0 Å². The molecule has 0 aliphatic heterocycles. The third-order valence-corrected chi connectivity index (χ3v) is 1.94. The predicted octanol–water partition coefficient (Wildman–Crippen LogP) is 1.73. The topological polar surface area (TPSA) is 52.0 Å². The number of nitrogens with zero attached hydrogens (tertiary/aromatic N) is 1. The first-order valence-corrected chi connectivity index (χ1v) is 3.87. The minimum absolute atomic E-state index is 0.113. The van der Waals surface area contributed by atoms with Gasteiger partial charge in [0.1, 0.15) is 5.76 Å². The molecule has 0 spiro atoms. The van der Waals surface area contributed by atoms with Gasteiger partial charge in [0.15, 0.2) is 5.54 Å². The van der Waals surface area contributed by atoms with Crippen LogP contribution in [0.4, 0.5) is 8.78 Å². The fourth-order valence-corrected chi connectivity index (χ4v) is 0.796. The molecule has 1 unspecified atom stereocenters. The Kier molecular flexibility index (Phi) is 2.38. The van der Waals surface area contributed by atoms with Crippen LogP contribution < -0.4 is 5.73 Å². The minimum Gasteiger partial charge on any atom is -0.443 e. The number of hydrogen-bond donors (Lipinski definition) is 1. The van der Waals surface area contributed by atoms with E-state index in [1.165, 1.54) is 6.92 Å². The summed E-state index contributed by atoms with van der Waals surface area (Å²) in [4.78, 5) is 3.83. The highest BCUT2D eigenvalue weighted by atomic mass is 19.3. The van der Waals surface area contributed by atoms with E-state index in [2.05, 4.69) is 4.98 Å². The third-order valence-electron chi connectivity index (χ3n) is 1.94. The van der Waals surface area contributed by atoms with Gasteiger partial charge < -0.3 is 10.2 Å².